The Labute approximate surface area is 143 Å². The Hall–Kier alpha value is -1.88. The molecular weight excluding hydrogens is 300 g/mol. The van der Waals surface area contributed by atoms with Crippen molar-refractivity contribution in [3.8, 4) is 0 Å². The molecule has 0 radical (unpaired) electrons. The van der Waals surface area contributed by atoms with Gasteiger partial charge in [0.1, 0.15) is 11.5 Å². The molecule has 2 aromatic rings. The van der Waals surface area contributed by atoms with Crippen molar-refractivity contribution < 1.29 is 4.42 Å². The highest BCUT2D eigenvalue weighted by atomic mass is 16.3. The van der Waals surface area contributed by atoms with Crippen LogP contribution in [0, 0.1) is 5.41 Å². The quantitative estimate of drug-likeness (QED) is 0.864. The number of anilines is 1. The van der Waals surface area contributed by atoms with Crippen LogP contribution in [0.3, 0.4) is 0 Å². The minimum atomic E-state index is 0.387. The Kier molecular flexibility index (Phi) is 4.27. The summed E-state index contributed by atoms with van der Waals surface area (Å²) in [5, 5.41) is 0. The van der Waals surface area contributed by atoms with Crippen LogP contribution in [0.2, 0.25) is 0 Å². The number of hydrogen-bond donors (Lipinski definition) is 0. The van der Waals surface area contributed by atoms with E-state index in [0.717, 1.165) is 56.6 Å². The zero-order chi connectivity index (χ0) is 16.4. The lowest BCUT2D eigenvalue weighted by molar-refractivity contribution is 0.207. The van der Waals surface area contributed by atoms with Crippen LogP contribution in [-0.4, -0.2) is 41.0 Å². The molecule has 128 valence electrons. The molecule has 0 unspecified atom stereocenters. The van der Waals surface area contributed by atoms with Crippen LogP contribution in [0.5, 0.6) is 0 Å². The van der Waals surface area contributed by atoms with Crippen LogP contribution in [0.4, 0.5) is 5.95 Å². The summed E-state index contributed by atoms with van der Waals surface area (Å²) < 4.78 is 5.89. The van der Waals surface area contributed by atoms with Gasteiger partial charge in [0.05, 0.1) is 6.54 Å². The van der Waals surface area contributed by atoms with Gasteiger partial charge in [-0.05, 0) is 44.0 Å². The third-order valence-electron chi connectivity index (χ3n) is 5.46. The Balaban J connectivity index is 1.41. The van der Waals surface area contributed by atoms with Gasteiger partial charge in [-0.25, -0.2) is 9.97 Å². The molecule has 0 bridgehead atoms. The van der Waals surface area contributed by atoms with E-state index in [9.17, 15) is 0 Å². The van der Waals surface area contributed by atoms with E-state index in [0.29, 0.717) is 5.41 Å². The highest BCUT2D eigenvalue weighted by molar-refractivity contribution is 5.30. The summed E-state index contributed by atoms with van der Waals surface area (Å²) in [5.74, 6) is 3.07. The first-order valence-corrected chi connectivity index (χ1v) is 9.08. The summed E-state index contributed by atoms with van der Waals surface area (Å²) in [5.41, 5.74) is 0.387. The molecule has 2 aliphatic heterocycles. The monoisotopic (exact) mass is 326 g/mol. The van der Waals surface area contributed by atoms with E-state index in [-0.39, 0.29) is 0 Å². The first kappa shape index (κ1) is 15.6. The molecule has 4 rings (SSSR count). The Morgan fingerprint density at radius 2 is 1.92 bits per heavy atom. The first-order valence-electron chi connectivity index (χ1n) is 9.08. The predicted molar refractivity (Wildman–Crippen MR) is 93.9 cm³/mol. The molecule has 0 aromatic carbocycles. The fraction of sp³-hybridized carbons (Fsp3) is 0.579. The topological polar surface area (TPSA) is 45.4 Å². The predicted octanol–water partition coefficient (Wildman–Crippen LogP) is 3.12. The number of rotatable bonds is 4. The van der Waals surface area contributed by atoms with Crippen molar-refractivity contribution in [2.24, 2.45) is 5.41 Å². The molecule has 5 nitrogen and oxygen atoms in total. The van der Waals surface area contributed by atoms with Crippen LogP contribution in [0.25, 0.3) is 0 Å². The van der Waals surface area contributed by atoms with Crippen molar-refractivity contribution in [2.75, 3.05) is 31.1 Å². The zero-order valence-electron chi connectivity index (χ0n) is 14.4. The minimum absolute atomic E-state index is 0.387. The van der Waals surface area contributed by atoms with Gasteiger partial charge in [-0.2, -0.15) is 0 Å². The van der Waals surface area contributed by atoms with Crippen LogP contribution in [0.15, 0.2) is 35.0 Å². The van der Waals surface area contributed by atoms with Crippen LogP contribution >= 0.6 is 0 Å². The van der Waals surface area contributed by atoms with Crippen LogP contribution in [0.1, 0.15) is 37.7 Å². The fourth-order valence-corrected chi connectivity index (χ4v) is 4.25. The Bertz CT molecular complexity index is 671. The number of aromatic nitrogens is 2. The maximum Gasteiger partial charge on any atom is 0.225 e. The number of nitrogens with zero attached hydrogens (tertiary/aromatic N) is 4. The average Bonchev–Trinajstić information content (AvgIpc) is 3.23. The average molecular weight is 326 g/mol. The van der Waals surface area contributed by atoms with E-state index < -0.39 is 0 Å². The third-order valence-corrected chi connectivity index (χ3v) is 5.46. The van der Waals surface area contributed by atoms with Crippen molar-refractivity contribution in [3.05, 3.63) is 42.1 Å². The molecule has 2 saturated heterocycles. The maximum atomic E-state index is 5.89. The van der Waals surface area contributed by atoms with Gasteiger partial charge in [0.15, 0.2) is 0 Å². The van der Waals surface area contributed by atoms with Crippen molar-refractivity contribution >= 4 is 5.95 Å². The molecule has 5 heteroatoms. The third kappa shape index (κ3) is 3.18. The largest absolute Gasteiger partial charge is 0.465 e. The molecule has 0 N–H and O–H groups in total. The lowest BCUT2D eigenvalue weighted by Gasteiger charge is -2.40. The molecule has 1 spiro atoms. The normalized spacial score (nSPS) is 24.8. The lowest BCUT2D eigenvalue weighted by atomic mass is 9.79. The summed E-state index contributed by atoms with van der Waals surface area (Å²) in [6, 6.07) is 6.12. The van der Waals surface area contributed by atoms with E-state index >= 15 is 0 Å². The van der Waals surface area contributed by atoms with Gasteiger partial charge < -0.3 is 9.32 Å². The van der Waals surface area contributed by atoms with Gasteiger partial charge in [-0.15, -0.1) is 0 Å². The number of hydrogen-bond acceptors (Lipinski definition) is 5. The number of likely N-dealkylation sites (tertiary alicyclic amines) is 1. The van der Waals surface area contributed by atoms with Crippen LogP contribution in [-0.2, 0) is 13.0 Å². The molecule has 2 aromatic heterocycles. The zero-order valence-corrected chi connectivity index (χ0v) is 14.4. The lowest BCUT2D eigenvalue weighted by Crippen LogP contribution is -2.45. The molecule has 2 fully saturated rings. The second kappa shape index (κ2) is 6.55. The van der Waals surface area contributed by atoms with E-state index in [2.05, 4.69) is 38.8 Å². The second-order valence-corrected chi connectivity index (χ2v) is 7.26. The molecule has 0 aliphatic carbocycles. The molecule has 0 saturated carbocycles. The van der Waals surface area contributed by atoms with E-state index in [1.807, 2.05) is 18.5 Å². The smallest absolute Gasteiger partial charge is 0.225 e. The van der Waals surface area contributed by atoms with Crippen molar-refractivity contribution in [3.63, 3.8) is 0 Å². The first-order chi connectivity index (χ1) is 11.8. The highest BCUT2D eigenvalue weighted by Gasteiger charge is 2.41. The van der Waals surface area contributed by atoms with Gasteiger partial charge >= 0.3 is 0 Å². The minimum Gasteiger partial charge on any atom is -0.465 e. The van der Waals surface area contributed by atoms with Crippen molar-refractivity contribution in [2.45, 2.75) is 39.2 Å². The Morgan fingerprint density at radius 3 is 2.71 bits per heavy atom. The second-order valence-electron chi connectivity index (χ2n) is 7.26. The number of furan rings is 1. The van der Waals surface area contributed by atoms with Gasteiger partial charge in [0, 0.05) is 43.9 Å². The molecule has 1 atom stereocenters. The van der Waals surface area contributed by atoms with Gasteiger partial charge in [0.25, 0.3) is 0 Å². The number of aryl methyl sites for hydroxylation is 1. The fourth-order valence-electron chi connectivity index (χ4n) is 4.25. The molecule has 4 heterocycles. The van der Waals surface area contributed by atoms with Gasteiger partial charge in [-0.1, -0.05) is 6.92 Å². The summed E-state index contributed by atoms with van der Waals surface area (Å²) in [6.45, 7) is 7.53. The van der Waals surface area contributed by atoms with Crippen LogP contribution < -0.4 is 4.90 Å². The summed E-state index contributed by atoms with van der Waals surface area (Å²) >= 11 is 0. The SMILES string of the molecule is CCc1ccc(CN2CC[C@@]3(CCCN(c4ncccn4)C3)C2)o1. The maximum absolute atomic E-state index is 5.89. The van der Waals surface area contributed by atoms with Crippen molar-refractivity contribution in [1.29, 1.82) is 0 Å². The molecule has 2 aliphatic rings. The number of piperidine rings is 1. The van der Waals surface area contributed by atoms with E-state index in [4.69, 9.17) is 4.42 Å². The Morgan fingerprint density at radius 1 is 1.08 bits per heavy atom. The van der Waals surface area contributed by atoms with E-state index in [1.165, 1.54) is 19.3 Å². The molecule has 24 heavy (non-hydrogen) atoms. The highest BCUT2D eigenvalue weighted by Crippen LogP contribution is 2.40. The van der Waals surface area contributed by atoms with Crippen molar-refractivity contribution in [1.82, 2.24) is 14.9 Å². The van der Waals surface area contributed by atoms with Gasteiger partial charge in [-0.3, -0.25) is 4.90 Å². The van der Waals surface area contributed by atoms with Gasteiger partial charge in [0.2, 0.25) is 5.95 Å². The summed E-state index contributed by atoms with van der Waals surface area (Å²) in [6.07, 6.45) is 8.45. The summed E-state index contributed by atoms with van der Waals surface area (Å²) in [4.78, 5) is 13.8. The molecule has 0 amide bonds. The summed E-state index contributed by atoms with van der Waals surface area (Å²) in [7, 11) is 0. The molecular formula is C19H26N4O. The standard InChI is InChI=1S/C19H26N4O/c1-2-16-5-6-17(24-16)13-22-12-8-19(14-22)7-3-11-23(15-19)18-20-9-4-10-21-18/h4-6,9-10H,2-3,7-8,11-15H2,1H3/t19-/m0/s1. The van der Waals surface area contributed by atoms with E-state index in [1.54, 1.807) is 0 Å².